The molecule has 1 rings (SSSR count). The molecule has 0 atom stereocenters. The standard InChI is InChI=1S/C14H15NO2/c1-5-8-9-11(6-2)15-13(16)10(4)12(7-3)14(15)17/h5-9H,1,3H2,2,4H3/b9-8-,11-6+. The highest BCUT2D eigenvalue weighted by molar-refractivity contribution is 6.21. The van der Waals surface area contributed by atoms with Gasteiger partial charge in [-0.3, -0.25) is 9.59 Å². The molecule has 1 heterocycles. The minimum Gasteiger partial charge on any atom is -0.269 e. The lowest BCUT2D eigenvalue weighted by Gasteiger charge is -2.15. The number of imide groups is 1. The highest BCUT2D eigenvalue weighted by atomic mass is 16.2. The van der Waals surface area contributed by atoms with Crippen molar-refractivity contribution in [3.05, 3.63) is 60.4 Å². The minimum atomic E-state index is -0.329. The van der Waals surface area contributed by atoms with E-state index >= 15 is 0 Å². The average Bonchev–Trinajstić information content (AvgIpc) is 2.53. The van der Waals surface area contributed by atoms with Gasteiger partial charge in [0.1, 0.15) is 0 Å². The van der Waals surface area contributed by atoms with Crippen molar-refractivity contribution < 1.29 is 9.59 Å². The molecule has 2 amide bonds. The van der Waals surface area contributed by atoms with Crippen LogP contribution in [0.25, 0.3) is 0 Å². The third-order valence-corrected chi connectivity index (χ3v) is 2.52. The largest absolute Gasteiger partial charge is 0.269 e. The molecule has 0 saturated carbocycles. The Morgan fingerprint density at radius 2 is 1.88 bits per heavy atom. The number of hydrogen-bond donors (Lipinski definition) is 0. The van der Waals surface area contributed by atoms with E-state index in [-0.39, 0.29) is 11.8 Å². The van der Waals surface area contributed by atoms with E-state index in [0.717, 1.165) is 4.90 Å². The maximum atomic E-state index is 12.0. The van der Waals surface area contributed by atoms with Crippen molar-refractivity contribution in [1.82, 2.24) is 4.90 Å². The topological polar surface area (TPSA) is 37.4 Å². The summed E-state index contributed by atoms with van der Waals surface area (Å²) in [5.74, 6) is -0.629. The maximum Gasteiger partial charge on any atom is 0.265 e. The van der Waals surface area contributed by atoms with Gasteiger partial charge in [0.15, 0.2) is 0 Å². The van der Waals surface area contributed by atoms with Gasteiger partial charge in [-0.15, -0.1) is 0 Å². The van der Waals surface area contributed by atoms with E-state index in [0.29, 0.717) is 16.8 Å². The smallest absolute Gasteiger partial charge is 0.265 e. The monoisotopic (exact) mass is 229 g/mol. The summed E-state index contributed by atoms with van der Waals surface area (Å²) in [6, 6.07) is 0. The molecule has 1 aliphatic heterocycles. The van der Waals surface area contributed by atoms with Crippen LogP contribution in [0, 0.1) is 0 Å². The van der Waals surface area contributed by atoms with Gasteiger partial charge in [-0.2, -0.15) is 0 Å². The fraction of sp³-hybridized carbons (Fsp3) is 0.143. The lowest BCUT2D eigenvalue weighted by Crippen LogP contribution is -2.30. The Morgan fingerprint density at radius 1 is 1.24 bits per heavy atom. The fourth-order valence-corrected chi connectivity index (χ4v) is 1.60. The van der Waals surface area contributed by atoms with Crippen LogP contribution in [0.5, 0.6) is 0 Å². The van der Waals surface area contributed by atoms with Crippen LogP contribution < -0.4 is 0 Å². The molecule has 88 valence electrons. The predicted octanol–water partition coefficient (Wildman–Crippen LogP) is 2.50. The van der Waals surface area contributed by atoms with Gasteiger partial charge in [-0.05, 0) is 19.9 Å². The van der Waals surface area contributed by atoms with Gasteiger partial charge in [0, 0.05) is 16.8 Å². The Kier molecular flexibility index (Phi) is 3.99. The molecule has 3 heteroatoms. The van der Waals surface area contributed by atoms with Gasteiger partial charge in [-0.25, -0.2) is 4.90 Å². The Labute approximate surface area is 101 Å². The molecule has 0 aromatic carbocycles. The molecule has 0 spiro atoms. The summed E-state index contributed by atoms with van der Waals surface area (Å²) >= 11 is 0. The second-order valence-corrected chi connectivity index (χ2v) is 3.50. The first-order valence-corrected chi connectivity index (χ1v) is 5.26. The van der Waals surface area contributed by atoms with Crippen LogP contribution in [0.15, 0.2) is 60.4 Å². The number of rotatable bonds is 4. The van der Waals surface area contributed by atoms with Crippen LogP contribution in [0.1, 0.15) is 13.8 Å². The van der Waals surface area contributed by atoms with Gasteiger partial charge in [0.05, 0.1) is 0 Å². The van der Waals surface area contributed by atoms with E-state index in [1.54, 1.807) is 38.2 Å². The maximum absolute atomic E-state index is 12.0. The molecule has 0 N–H and O–H groups in total. The fourth-order valence-electron chi connectivity index (χ4n) is 1.60. The number of nitrogens with zero attached hydrogens (tertiary/aromatic N) is 1. The number of allylic oxidation sites excluding steroid dienone is 4. The molecule has 0 aromatic heterocycles. The van der Waals surface area contributed by atoms with Gasteiger partial charge >= 0.3 is 0 Å². The predicted molar refractivity (Wildman–Crippen MR) is 67.8 cm³/mol. The molecule has 0 fully saturated rings. The zero-order chi connectivity index (χ0) is 13.0. The molecular formula is C14H15NO2. The quantitative estimate of drug-likeness (QED) is 0.548. The molecule has 0 aromatic rings. The van der Waals surface area contributed by atoms with Crippen LogP contribution in [-0.4, -0.2) is 16.7 Å². The van der Waals surface area contributed by atoms with Crippen LogP contribution in [-0.2, 0) is 9.59 Å². The first kappa shape index (κ1) is 12.9. The summed E-state index contributed by atoms with van der Waals surface area (Å²) in [6.45, 7) is 10.5. The lowest BCUT2D eigenvalue weighted by atomic mass is 10.2. The first-order valence-electron chi connectivity index (χ1n) is 5.26. The second kappa shape index (κ2) is 5.25. The number of carbonyl (C=O) groups is 2. The number of carbonyl (C=O) groups excluding carboxylic acids is 2. The number of hydrogen-bond acceptors (Lipinski definition) is 2. The molecular weight excluding hydrogens is 214 g/mol. The van der Waals surface area contributed by atoms with Crippen molar-refractivity contribution in [1.29, 1.82) is 0 Å². The summed E-state index contributed by atoms with van der Waals surface area (Å²) in [7, 11) is 0. The van der Waals surface area contributed by atoms with Crippen molar-refractivity contribution in [2.45, 2.75) is 13.8 Å². The van der Waals surface area contributed by atoms with E-state index in [1.165, 1.54) is 6.08 Å². The van der Waals surface area contributed by atoms with Gasteiger partial charge in [0.25, 0.3) is 11.8 Å². The van der Waals surface area contributed by atoms with E-state index in [2.05, 4.69) is 13.2 Å². The van der Waals surface area contributed by atoms with Gasteiger partial charge < -0.3 is 0 Å². The molecule has 0 radical (unpaired) electrons. The Balaban J connectivity index is 3.16. The third kappa shape index (κ3) is 2.18. The zero-order valence-corrected chi connectivity index (χ0v) is 10.1. The van der Waals surface area contributed by atoms with Crippen molar-refractivity contribution in [2.75, 3.05) is 0 Å². The summed E-state index contributed by atoms with van der Waals surface area (Å²) in [4.78, 5) is 25.1. The molecule has 0 bridgehead atoms. The Morgan fingerprint density at radius 3 is 2.29 bits per heavy atom. The van der Waals surface area contributed by atoms with Crippen LogP contribution >= 0.6 is 0 Å². The second-order valence-electron chi connectivity index (χ2n) is 3.50. The van der Waals surface area contributed by atoms with E-state index < -0.39 is 0 Å². The van der Waals surface area contributed by atoms with E-state index in [9.17, 15) is 9.59 Å². The molecule has 0 unspecified atom stereocenters. The molecule has 1 aliphatic rings. The lowest BCUT2D eigenvalue weighted by molar-refractivity contribution is -0.134. The van der Waals surface area contributed by atoms with Crippen molar-refractivity contribution in [3.8, 4) is 0 Å². The average molecular weight is 229 g/mol. The van der Waals surface area contributed by atoms with Gasteiger partial charge in [0.2, 0.25) is 0 Å². The summed E-state index contributed by atoms with van der Waals surface area (Å²) in [5.41, 5.74) is 1.33. The molecule has 0 saturated heterocycles. The highest BCUT2D eigenvalue weighted by Gasteiger charge is 2.35. The summed E-state index contributed by atoms with van der Waals surface area (Å²) in [6.07, 6.45) is 8.05. The van der Waals surface area contributed by atoms with Gasteiger partial charge in [-0.1, -0.05) is 37.5 Å². The normalized spacial score (nSPS) is 17.3. The third-order valence-electron chi connectivity index (χ3n) is 2.52. The minimum absolute atomic E-state index is 0.299. The molecule has 3 nitrogen and oxygen atoms in total. The van der Waals surface area contributed by atoms with Crippen molar-refractivity contribution in [2.24, 2.45) is 0 Å². The SMILES string of the molecule is C=C/C=C\C(=C/C)N1C(=O)C(C)=C(C=C)C1=O. The first-order chi connectivity index (χ1) is 8.08. The Bertz CT molecular complexity index is 478. The Hall–Kier alpha value is -2.16. The summed E-state index contributed by atoms with van der Waals surface area (Å²) < 4.78 is 0. The van der Waals surface area contributed by atoms with E-state index in [4.69, 9.17) is 0 Å². The van der Waals surface area contributed by atoms with E-state index in [1.807, 2.05) is 0 Å². The molecule has 0 aliphatic carbocycles. The number of amides is 2. The van der Waals surface area contributed by atoms with Crippen LogP contribution in [0.2, 0.25) is 0 Å². The molecule has 17 heavy (non-hydrogen) atoms. The zero-order valence-electron chi connectivity index (χ0n) is 10.1. The van der Waals surface area contributed by atoms with Crippen LogP contribution in [0.3, 0.4) is 0 Å². The van der Waals surface area contributed by atoms with Crippen molar-refractivity contribution >= 4 is 11.8 Å². The van der Waals surface area contributed by atoms with Crippen LogP contribution in [0.4, 0.5) is 0 Å². The van der Waals surface area contributed by atoms with Crippen molar-refractivity contribution in [3.63, 3.8) is 0 Å². The highest BCUT2D eigenvalue weighted by Crippen LogP contribution is 2.25. The summed E-state index contributed by atoms with van der Waals surface area (Å²) in [5, 5.41) is 0.